The number of aliphatic hydroxyl groups excluding tert-OH is 1. The van der Waals surface area contributed by atoms with Crippen LogP contribution < -0.4 is 5.11 Å². The molecule has 0 bridgehead atoms. The number of quaternary nitrogens is 1. The second-order valence-electron chi connectivity index (χ2n) is 4.44. The molecular formula is C10H22N2O3. The van der Waals surface area contributed by atoms with E-state index in [9.17, 15) is 0 Å². The van der Waals surface area contributed by atoms with E-state index in [1.165, 1.54) is 13.1 Å². The van der Waals surface area contributed by atoms with E-state index in [-0.39, 0.29) is 0 Å². The third-order valence-corrected chi connectivity index (χ3v) is 2.46. The first-order valence-corrected chi connectivity index (χ1v) is 5.20. The minimum atomic E-state index is -1.08. The molecule has 0 spiro atoms. The second-order valence-corrected chi connectivity index (χ2v) is 4.44. The lowest BCUT2D eigenvalue weighted by atomic mass is 10.3. The summed E-state index contributed by atoms with van der Waals surface area (Å²) in [5.41, 5.74) is 0. The summed E-state index contributed by atoms with van der Waals surface area (Å²) in [6.45, 7) is 6.80. The van der Waals surface area contributed by atoms with Gasteiger partial charge in [0, 0.05) is 25.6 Å². The van der Waals surface area contributed by atoms with Crippen LogP contribution in [0, 0.1) is 0 Å². The Balaban J connectivity index is 0.000000423. The van der Waals surface area contributed by atoms with Crippen LogP contribution in [0.2, 0.25) is 0 Å². The van der Waals surface area contributed by atoms with Gasteiger partial charge in [0.2, 0.25) is 0 Å². The average Bonchev–Trinajstić information content (AvgIpc) is 2.08. The fraction of sp³-hybridized carbons (Fsp3) is 0.900. The molecule has 1 N–H and O–H groups in total. The van der Waals surface area contributed by atoms with Crippen LogP contribution >= 0.6 is 0 Å². The summed E-state index contributed by atoms with van der Waals surface area (Å²) in [7, 11) is 4.52. The van der Waals surface area contributed by atoms with E-state index in [1.807, 2.05) is 0 Å². The molecule has 0 aliphatic carbocycles. The molecule has 0 radical (unpaired) electrons. The number of β-amino-alcohol motifs (C(OH)–C–C–N with tert-alkyl or cyclic N) is 1. The fourth-order valence-corrected chi connectivity index (χ4v) is 1.41. The molecule has 0 aromatic carbocycles. The molecule has 0 aromatic rings. The SMILES string of the molecule is CC(=O)[O-].C[N+]1(C)CCN(CCO)CC1. The zero-order valence-electron chi connectivity index (χ0n) is 9.90. The normalized spacial score (nSPS) is 20.3. The first-order valence-electron chi connectivity index (χ1n) is 5.20. The highest BCUT2D eigenvalue weighted by molar-refractivity contribution is 5.60. The maximum Gasteiger partial charge on any atom is 0.0912 e. The predicted octanol–water partition coefficient (Wildman–Crippen LogP) is -1.87. The Labute approximate surface area is 91.5 Å². The number of likely N-dealkylation sites (N-methyl/N-ethyl adjacent to an activating group) is 1. The van der Waals surface area contributed by atoms with Crippen LogP contribution in [-0.4, -0.2) is 73.9 Å². The number of carboxylic acid groups (broad SMARTS) is 1. The summed E-state index contributed by atoms with van der Waals surface area (Å²) in [6.07, 6.45) is 0. The number of aliphatic carboxylic acids is 1. The van der Waals surface area contributed by atoms with Crippen molar-refractivity contribution in [1.82, 2.24) is 4.90 Å². The number of piperazine rings is 1. The van der Waals surface area contributed by atoms with Crippen molar-refractivity contribution >= 4 is 5.97 Å². The van der Waals surface area contributed by atoms with Gasteiger partial charge in [-0.15, -0.1) is 0 Å². The minimum Gasteiger partial charge on any atom is -0.550 e. The summed E-state index contributed by atoms with van der Waals surface area (Å²) >= 11 is 0. The molecule has 1 fully saturated rings. The zero-order chi connectivity index (χ0) is 11.9. The van der Waals surface area contributed by atoms with Gasteiger partial charge in [0.25, 0.3) is 0 Å². The van der Waals surface area contributed by atoms with Crippen LogP contribution in [0.5, 0.6) is 0 Å². The van der Waals surface area contributed by atoms with Gasteiger partial charge in [-0.25, -0.2) is 0 Å². The van der Waals surface area contributed by atoms with Crippen LogP contribution in [0.3, 0.4) is 0 Å². The van der Waals surface area contributed by atoms with Crippen molar-refractivity contribution in [3.8, 4) is 0 Å². The third-order valence-electron chi connectivity index (χ3n) is 2.46. The first-order chi connectivity index (χ1) is 6.87. The van der Waals surface area contributed by atoms with Crippen LogP contribution in [0.1, 0.15) is 6.92 Å². The van der Waals surface area contributed by atoms with Gasteiger partial charge in [-0.1, -0.05) is 0 Å². The molecule has 1 saturated heterocycles. The maximum atomic E-state index is 8.89. The van der Waals surface area contributed by atoms with E-state index < -0.39 is 5.97 Å². The van der Waals surface area contributed by atoms with Gasteiger partial charge < -0.3 is 19.5 Å². The van der Waals surface area contributed by atoms with Gasteiger partial charge in [0.15, 0.2) is 0 Å². The Morgan fingerprint density at radius 2 is 1.80 bits per heavy atom. The fourth-order valence-electron chi connectivity index (χ4n) is 1.41. The van der Waals surface area contributed by atoms with Crippen molar-refractivity contribution in [2.75, 3.05) is 53.4 Å². The first kappa shape index (κ1) is 14.3. The van der Waals surface area contributed by atoms with Gasteiger partial charge >= 0.3 is 0 Å². The molecule has 0 saturated carbocycles. The van der Waals surface area contributed by atoms with E-state index in [2.05, 4.69) is 19.0 Å². The van der Waals surface area contributed by atoms with Crippen molar-refractivity contribution in [1.29, 1.82) is 0 Å². The molecule has 0 unspecified atom stereocenters. The quantitative estimate of drug-likeness (QED) is 0.551. The largest absolute Gasteiger partial charge is 0.550 e. The molecule has 15 heavy (non-hydrogen) atoms. The van der Waals surface area contributed by atoms with Gasteiger partial charge in [-0.05, 0) is 6.92 Å². The maximum absolute atomic E-state index is 8.89. The molecule has 0 atom stereocenters. The topological polar surface area (TPSA) is 63.6 Å². The molecule has 1 aliphatic rings. The third kappa shape index (κ3) is 8.35. The molecule has 1 heterocycles. The summed E-state index contributed by atoms with van der Waals surface area (Å²) in [6, 6.07) is 0. The number of carbonyl (C=O) groups is 1. The summed E-state index contributed by atoms with van der Waals surface area (Å²) in [4.78, 5) is 11.2. The van der Waals surface area contributed by atoms with Gasteiger partial charge in [-0.2, -0.15) is 0 Å². The van der Waals surface area contributed by atoms with Gasteiger partial charge in [0.1, 0.15) is 0 Å². The number of rotatable bonds is 2. The Hall–Kier alpha value is -0.650. The predicted molar refractivity (Wildman–Crippen MR) is 56.0 cm³/mol. The Kier molecular flexibility index (Phi) is 6.47. The number of nitrogens with zero attached hydrogens (tertiary/aromatic N) is 2. The van der Waals surface area contributed by atoms with Crippen molar-refractivity contribution in [3.63, 3.8) is 0 Å². The lowest BCUT2D eigenvalue weighted by Crippen LogP contribution is -2.55. The zero-order valence-corrected chi connectivity index (χ0v) is 9.90. The van der Waals surface area contributed by atoms with E-state index in [4.69, 9.17) is 15.0 Å². The van der Waals surface area contributed by atoms with Crippen LogP contribution in [-0.2, 0) is 4.79 Å². The molecule has 1 rings (SSSR count). The molecule has 0 amide bonds. The van der Waals surface area contributed by atoms with Crippen molar-refractivity contribution < 1.29 is 19.5 Å². The number of aliphatic hydroxyl groups is 1. The molecular weight excluding hydrogens is 196 g/mol. The van der Waals surface area contributed by atoms with E-state index >= 15 is 0 Å². The molecule has 5 heteroatoms. The molecule has 5 nitrogen and oxygen atoms in total. The highest BCUT2D eigenvalue weighted by atomic mass is 16.4. The molecule has 0 aromatic heterocycles. The Morgan fingerprint density at radius 3 is 2.13 bits per heavy atom. The summed E-state index contributed by atoms with van der Waals surface area (Å²) < 4.78 is 1.13. The standard InChI is InChI=1S/C8H19N2O.C2H4O2/c1-10(2)6-3-9(4-7-10)5-8-11;1-2(3)4/h11H,3-8H2,1-2H3;1H3,(H,3,4)/q+1;/p-1. The lowest BCUT2D eigenvalue weighted by Gasteiger charge is -2.38. The molecule has 90 valence electrons. The van der Waals surface area contributed by atoms with Crippen LogP contribution in [0.15, 0.2) is 0 Å². The Morgan fingerprint density at radius 1 is 1.40 bits per heavy atom. The monoisotopic (exact) mass is 218 g/mol. The van der Waals surface area contributed by atoms with E-state index in [0.29, 0.717) is 6.61 Å². The van der Waals surface area contributed by atoms with E-state index in [1.54, 1.807) is 0 Å². The number of hydrogen-bond donors (Lipinski definition) is 1. The van der Waals surface area contributed by atoms with Crippen molar-refractivity contribution in [3.05, 3.63) is 0 Å². The Bertz CT molecular complexity index is 181. The van der Waals surface area contributed by atoms with Crippen LogP contribution in [0.4, 0.5) is 0 Å². The van der Waals surface area contributed by atoms with Crippen molar-refractivity contribution in [2.24, 2.45) is 0 Å². The van der Waals surface area contributed by atoms with Gasteiger partial charge in [0.05, 0.1) is 33.8 Å². The summed E-state index contributed by atoms with van der Waals surface area (Å²) in [5.74, 6) is -1.08. The van der Waals surface area contributed by atoms with Gasteiger partial charge in [-0.3, -0.25) is 4.90 Å². The highest BCUT2D eigenvalue weighted by Gasteiger charge is 2.23. The van der Waals surface area contributed by atoms with Crippen molar-refractivity contribution in [2.45, 2.75) is 6.92 Å². The van der Waals surface area contributed by atoms with Crippen LogP contribution in [0.25, 0.3) is 0 Å². The highest BCUT2D eigenvalue weighted by Crippen LogP contribution is 2.05. The number of carboxylic acids is 1. The average molecular weight is 218 g/mol. The number of carbonyl (C=O) groups excluding carboxylic acids is 1. The summed E-state index contributed by atoms with van der Waals surface area (Å²) in [5, 5.41) is 17.6. The lowest BCUT2D eigenvalue weighted by molar-refractivity contribution is -0.894. The van der Waals surface area contributed by atoms with E-state index in [0.717, 1.165) is 31.0 Å². The number of hydrogen-bond acceptors (Lipinski definition) is 4. The smallest absolute Gasteiger partial charge is 0.0912 e. The second kappa shape index (κ2) is 6.76. The minimum absolute atomic E-state index is 0.299. The molecule has 1 aliphatic heterocycles.